The topological polar surface area (TPSA) is 189 Å². The van der Waals surface area contributed by atoms with E-state index in [-0.39, 0.29) is 6.42 Å². The third-order valence-corrected chi connectivity index (χ3v) is 16.1. The summed E-state index contributed by atoms with van der Waals surface area (Å²) in [5, 5.41) is 76.4. The van der Waals surface area contributed by atoms with Gasteiger partial charge >= 0.3 is 0 Å². The number of hydrogen-bond acceptors (Lipinski definition) is 10. The third-order valence-electron chi connectivity index (χ3n) is 16.1. The van der Waals surface area contributed by atoms with Crippen molar-refractivity contribution in [3.63, 3.8) is 0 Å². The van der Waals surface area contributed by atoms with Crippen molar-refractivity contribution in [2.24, 2.45) is 0 Å². The summed E-state index contributed by atoms with van der Waals surface area (Å²) in [5.41, 5.74) is 0. The normalized spacial score (nSPS) is 19.7. The first-order valence-electron chi connectivity index (χ1n) is 32.6. The van der Waals surface area contributed by atoms with Crippen molar-refractivity contribution in [1.82, 2.24) is 5.32 Å². The first-order chi connectivity index (χ1) is 36.7. The van der Waals surface area contributed by atoms with Gasteiger partial charge in [0, 0.05) is 0 Å². The molecule has 0 aliphatic carbocycles. The minimum atomic E-state index is -1.66. The molecule has 8 N–H and O–H groups in total. The number of ether oxygens (including phenoxy) is 2. The van der Waals surface area contributed by atoms with Gasteiger partial charge in [0.2, 0.25) is 5.91 Å². The Hall–Kier alpha value is -1.15. The minimum absolute atomic E-state index is 0.258. The summed E-state index contributed by atoms with van der Waals surface area (Å²) in [5.74, 6) is -0.694. The molecule has 11 nitrogen and oxygen atoms in total. The van der Waals surface area contributed by atoms with Gasteiger partial charge in [0.05, 0.1) is 25.4 Å². The van der Waals surface area contributed by atoms with Gasteiger partial charge in [-0.05, 0) is 38.5 Å². The molecular weight excluding hydrogens is 943 g/mol. The Morgan fingerprint density at radius 3 is 1.12 bits per heavy atom. The summed E-state index contributed by atoms with van der Waals surface area (Å²) in [6, 6.07) is -1.17. The number of amides is 1. The molecule has 9 atom stereocenters. The lowest BCUT2D eigenvalue weighted by atomic mass is 9.98. The fourth-order valence-corrected chi connectivity index (χ4v) is 10.8. The molecule has 11 heteroatoms. The van der Waals surface area contributed by atoms with E-state index in [9.17, 15) is 40.5 Å². The average Bonchev–Trinajstić information content (AvgIpc) is 3.41. The lowest BCUT2D eigenvalue weighted by Crippen LogP contribution is -2.60. The summed E-state index contributed by atoms with van der Waals surface area (Å²) in [7, 11) is 0. The smallest absolute Gasteiger partial charge is 0.249 e. The molecule has 446 valence electrons. The van der Waals surface area contributed by atoms with Crippen molar-refractivity contribution in [1.29, 1.82) is 0 Å². The van der Waals surface area contributed by atoms with Crippen molar-refractivity contribution in [3.05, 3.63) is 12.2 Å². The monoisotopic (exact) mass is 1070 g/mol. The van der Waals surface area contributed by atoms with Gasteiger partial charge < -0.3 is 50.5 Å². The Morgan fingerprint density at radius 1 is 0.453 bits per heavy atom. The number of aliphatic hydroxyl groups excluding tert-OH is 7. The fraction of sp³-hybridized carbons (Fsp3) is 0.953. The first-order valence-corrected chi connectivity index (χ1v) is 32.6. The van der Waals surface area contributed by atoms with Crippen molar-refractivity contribution < 1.29 is 50.0 Å². The molecule has 1 aliphatic heterocycles. The van der Waals surface area contributed by atoms with Gasteiger partial charge in [0.15, 0.2) is 6.29 Å². The van der Waals surface area contributed by atoms with Gasteiger partial charge in [0.1, 0.15) is 36.6 Å². The minimum Gasteiger partial charge on any atom is -0.394 e. The zero-order valence-corrected chi connectivity index (χ0v) is 49.1. The van der Waals surface area contributed by atoms with E-state index in [0.29, 0.717) is 19.3 Å². The van der Waals surface area contributed by atoms with Crippen molar-refractivity contribution >= 4 is 5.91 Å². The van der Waals surface area contributed by atoms with Crippen LogP contribution in [0, 0.1) is 0 Å². The van der Waals surface area contributed by atoms with Crippen LogP contribution in [-0.2, 0) is 14.3 Å². The van der Waals surface area contributed by atoms with E-state index in [2.05, 4.69) is 31.3 Å². The molecule has 0 aromatic heterocycles. The van der Waals surface area contributed by atoms with E-state index in [4.69, 9.17) is 9.47 Å². The zero-order valence-electron chi connectivity index (χ0n) is 49.1. The van der Waals surface area contributed by atoms with Crippen LogP contribution < -0.4 is 5.32 Å². The molecule has 1 rings (SSSR count). The molecule has 9 unspecified atom stereocenters. The molecule has 1 fully saturated rings. The molecule has 1 saturated heterocycles. The average molecular weight is 1070 g/mol. The van der Waals surface area contributed by atoms with Crippen molar-refractivity contribution in [3.8, 4) is 0 Å². The zero-order chi connectivity index (χ0) is 54.7. The molecule has 75 heavy (non-hydrogen) atoms. The first kappa shape index (κ1) is 71.9. The van der Waals surface area contributed by atoms with Crippen LogP contribution in [0.5, 0.6) is 0 Å². The number of unbranched alkanes of at least 4 members (excludes halogenated alkanes) is 43. The molecule has 0 aromatic carbocycles. The van der Waals surface area contributed by atoms with Crippen LogP contribution in [-0.4, -0.2) is 110 Å². The Kier molecular flexibility index (Phi) is 51.3. The summed E-state index contributed by atoms with van der Waals surface area (Å²) in [6.45, 7) is 3.51. The van der Waals surface area contributed by atoms with E-state index in [1.54, 1.807) is 0 Å². The molecule has 0 aromatic rings. The second-order valence-electron chi connectivity index (χ2n) is 23.2. The summed E-state index contributed by atoms with van der Waals surface area (Å²) in [6.07, 6.45) is 52.7. The lowest BCUT2D eigenvalue weighted by Gasteiger charge is -2.40. The van der Waals surface area contributed by atoms with Crippen molar-refractivity contribution in [2.75, 3.05) is 13.2 Å². The number of nitrogens with one attached hydrogen (secondary N) is 1. The number of carbonyl (C=O) groups is 1. The van der Waals surface area contributed by atoms with Gasteiger partial charge in [-0.1, -0.05) is 296 Å². The van der Waals surface area contributed by atoms with Crippen LogP contribution in [0.15, 0.2) is 12.2 Å². The maximum Gasteiger partial charge on any atom is 0.249 e. The maximum absolute atomic E-state index is 13.2. The van der Waals surface area contributed by atoms with E-state index in [1.165, 1.54) is 238 Å². The number of carbonyl (C=O) groups excluding carboxylic acids is 1. The van der Waals surface area contributed by atoms with Gasteiger partial charge in [0.25, 0.3) is 0 Å². The molecule has 1 aliphatic rings. The fourth-order valence-electron chi connectivity index (χ4n) is 10.8. The van der Waals surface area contributed by atoms with Crippen LogP contribution >= 0.6 is 0 Å². The molecule has 0 spiro atoms. The SMILES string of the molecule is CCCCCCCCCCCCCC/C=C\CCCCCCCCCC(O)C(=O)NC(COC1OC(CO)C(O)C(O)C1O)C(O)C(O)CCCCCCCCCCCCCCCCCCCCCCCCCCC. The van der Waals surface area contributed by atoms with Crippen LogP contribution in [0.4, 0.5) is 0 Å². The van der Waals surface area contributed by atoms with E-state index < -0.39 is 74.2 Å². The Balaban J connectivity index is 2.25. The van der Waals surface area contributed by atoms with Crippen LogP contribution in [0.2, 0.25) is 0 Å². The van der Waals surface area contributed by atoms with Gasteiger partial charge in [-0.2, -0.15) is 0 Å². The number of hydrogen-bond donors (Lipinski definition) is 8. The maximum atomic E-state index is 13.2. The van der Waals surface area contributed by atoms with Crippen LogP contribution in [0.3, 0.4) is 0 Å². The lowest BCUT2D eigenvalue weighted by molar-refractivity contribution is -0.303. The molecule has 1 amide bonds. The molecule has 1 heterocycles. The predicted octanol–water partition coefficient (Wildman–Crippen LogP) is 14.7. The highest BCUT2D eigenvalue weighted by Crippen LogP contribution is 2.24. The predicted molar refractivity (Wildman–Crippen MR) is 312 cm³/mol. The molecular formula is C64H125NO10. The van der Waals surface area contributed by atoms with Crippen LogP contribution in [0.1, 0.15) is 322 Å². The highest BCUT2D eigenvalue weighted by molar-refractivity contribution is 5.80. The third kappa shape index (κ3) is 41.5. The number of aliphatic hydroxyl groups is 7. The van der Waals surface area contributed by atoms with Gasteiger partial charge in [-0.15, -0.1) is 0 Å². The van der Waals surface area contributed by atoms with Crippen molar-refractivity contribution in [2.45, 2.75) is 377 Å². The van der Waals surface area contributed by atoms with E-state index >= 15 is 0 Å². The quantitative estimate of drug-likeness (QED) is 0.0215. The molecule has 0 saturated carbocycles. The summed E-state index contributed by atoms with van der Waals surface area (Å²) in [4.78, 5) is 13.2. The largest absolute Gasteiger partial charge is 0.394 e. The highest BCUT2D eigenvalue weighted by Gasteiger charge is 2.44. The van der Waals surface area contributed by atoms with E-state index in [1.807, 2.05) is 0 Å². The van der Waals surface area contributed by atoms with Gasteiger partial charge in [-0.25, -0.2) is 0 Å². The Bertz CT molecular complexity index is 1220. The number of rotatable bonds is 57. The second kappa shape index (κ2) is 53.5. The molecule has 0 radical (unpaired) electrons. The van der Waals surface area contributed by atoms with Gasteiger partial charge in [-0.3, -0.25) is 4.79 Å². The van der Waals surface area contributed by atoms with Crippen LogP contribution in [0.25, 0.3) is 0 Å². The second-order valence-corrected chi connectivity index (χ2v) is 23.2. The standard InChI is InChI=1S/C64H125NO10/c1-3-5-7-9-11-13-15-17-19-21-23-25-27-28-30-31-33-35-37-39-41-43-45-47-49-51-56(67)59(69)55(54-74-64-62(72)61(71)60(70)58(53-66)75-64)65-63(73)57(68)52-50-48-46-44-42-40-38-36-34-32-29-26-24-22-20-18-16-14-12-10-8-6-4-2/h32,34,55-62,64,66-72H,3-31,33,35-54H2,1-2H3,(H,65,73)/b34-32-. The highest BCUT2D eigenvalue weighted by atomic mass is 16.7. The Morgan fingerprint density at radius 2 is 0.773 bits per heavy atom. The summed E-state index contributed by atoms with van der Waals surface area (Å²) >= 11 is 0. The summed E-state index contributed by atoms with van der Waals surface area (Å²) < 4.78 is 11.2. The number of allylic oxidation sites excluding steroid dienone is 2. The Labute approximate surface area is 462 Å². The van der Waals surface area contributed by atoms with E-state index in [0.717, 1.165) is 44.9 Å². The molecule has 0 bridgehead atoms.